The fourth-order valence-electron chi connectivity index (χ4n) is 2.68. The Bertz CT molecular complexity index is 722. The third-order valence-electron chi connectivity index (χ3n) is 4.08. The maximum atomic E-state index is 11.3. The molecule has 0 aromatic heterocycles. The molecule has 0 bridgehead atoms. The van der Waals surface area contributed by atoms with Gasteiger partial charge in [-0.1, -0.05) is 68.5 Å². The lowest BCUT2D eigenvalue weighted by Gasteiger charge is -2.07. The maximum Gasteiger partial charge on any atom is 0.148 e. The van der Waals surface area contributed by atoms with Crippen LogP contribution in [0.5, 0.6) is 0 Å². The van der Waals surface area contributed by atoms with Crippen molar-refractivity contribution in [1.82, 2.24) is 0 Å². The van der Waals surface area contributed by atoms with Crippen LogP contribution < -0.4 is 5.73 Å². The molecule has 0 saturated carbocycles. The highest BCUT2D eigenvalue weighted by molar-refractivity contribution is 5.75. The van der Waals surface area contributed by atoms with Crippen molar-refractivity contribution < 1.29 is 4.79 Å². The Kier molecular flexibility index (Phi) is 10.2. The summed E-state index contributed by atoms with van der Waals surface area (Å²) in [6.45, 7) is 5.70. The molecule has 136 valence electrons. The van der Waals surface area contributed by atoms with E-state index in [4.69, 9.17) is 11.0 Å². The fraction of sp³-hybridized carbons (Fsp3) is 0.304. The van der Waals surface area contributed by atoms with Crippen molar-refractivity contribution in [2.75, 3.05) is 0 Å². The Morgan fingerprint density at radius 2 is 2.19 bits per heavy atom. The first-order chi connectivity index (χ1) is 12.7. The molecule has 0 amide bonds. The number of carbonyl (C=O) groups excluding carboxylic acids is 1. The summed E-state index contributed by atoms with van der Waals surface area (Å²) in [6, 6.07) is 2.23. The molecule has 26 heavy (non-hydrogen) atoms. The molecule has 0 aliphatic heterocycles. The topological polar surface area (TPSA) is 66.9 Å². The van der Waals surface area contributed by atoms with Gasteiger partial charge in [0.05, 0.1) is 12.5 Å². The highest BCUT2D eigenvalue weighted by Gasteiger charge is 2.08. The SMILES string of the molecule is C=C/C=C\C/C=C(\CC#N)C1=CCC=C(C/C(C=O)=C(/N)CCC)C=C1. The molecule has 3 heteroatoms. The molecular weight excluding hydrogens is 320 g/mol. The summed E-state index contributed by atoms with van der Waals surface area (Å²) < 4.78 is 0. The van der Waals surface area contributed by atoms with Gasteiger partial charge in [0.25, 0.3) is 0 Å². The Morgan fingerprint density at radius 1 is 1.38 bits per heavy atom. The average Bonchev–Trinajstić information content (AvgIpc) is 2.88. The van der Waals surface area contributed by atoms with Crippen LogP contribution in [0.4, 0.5) is 0 Å². The van der Waals surface area contributed by atoms with Crippen molar-refractivity contribution in [2.24, 2.45) is 5.73 Å². The zero-order valence-corrected chi connectivity index (χ0v) is 15.6. The van der Waals surface area contributed by atoms with E-state index < -0.39 is 0 Å². The Hall–Kier alpha value is -2.86. The van der Waals surface area contributed by atoms with Gasteiger partial charge in [-0.05, 0) is 36.0 Å². The largest absolute Gasteiger partial charge is 0.402 e. The second-order valence-electron chi connectivity index (χ2n) is 6.07. The molecule has 0 unspecified atom stereocenters. The maximum absolute atomic E-state index is 11.3. The van der Waals surface area contributed by atoms with Gasteiger partial charge in [0.2, 0.25) is 0 Å². The second-order valence-corrected chi connectivity index (χ2v) is 6.07. The summed E-state index contributed by atoms with van der Waals surface area (Å²) in [7, 11) is 0. The number of nitriles is 1. The van der Waals surface area contributed by atoms with Gasteiger partial charge in [-0.3, -0.25) is 4.79 Å². The van der Waals surface area contributed by atoms with E-state index in [1.165, 1.54) is 0 Å². The summed E-state index contributed by atoms with van der Waals surface area (Å²) in [5.41, 5.74) is 10.5. The molecule has 0 heterocycles. The van der Waals surface area contributed by atoms with Crippen LogP contribution in [0, 0.1) is 11.3 Å². The molecule has 0 fully saturated rings. The standard InChI is InChI=1S/C23H28N2O/c1-3-5-6-7-11-21(15-16-24)20-12-8-10-19(13-14-20)17-22(18-26)23(25)9-4-2/h3,5-6,10-14,18H,1,4,7-9,15,17,25H2,2H3/b6-5-,21-11+,23-22-. The second kappa shape index (κ2) is 12.5. The van der Waals surface area contributed by atoms with Crippen molar-refractivity contribution in [3.63, 3.8) is 0 Å². The summed E-state index contributed by atoms with van der Waals surface area (Å²) in [4.78, 5) is 11.3. The molecule has 1 aliphatic carbocycles. The first kappa shape index (κ1) is 21.2. The summed E-state index contributed by atoms with van der Waals surface area (Å²) >= 11 is 0. The lowest BCUT2D eigenvalue weighted by Crippen LogP contribution is -2.04. The van der Waals surface area contributed by atoms with E-state index in [9.17, 15) is 4.79 Å². The number of hydrogen-bond acceptors (Lipinski definition) is 3. The van der Waals surface area contributed by atoms with Crippen LogP contribution >= 0.6 is 0 Å². The van der Waals surface area contributed by atoms with Gasteiger partial charge in [-0.25, -0.2) is 0 Å². The van der Waals surface area contributed by atoms with E-state index >= 15 is 0 Å². The van der Waals surface area contributed by atoms with Crippen molar-refractivity contribution in [1.29, 1.82) is 5.26 Å². The zero-order valence-electron chi connectivity index (χ0n) is 15.6. The molecule has 0 aromatic carbocycles. The van der Waals surface area contributed by atoms with Gasteiger partial charge in [-0.15, -0.1) is 0 Å². The van der Waals surface area contributed by atoms with Gasteiger partial charge < -0.3 is 5.73 Å². The summed E-state index contributed by atoms with van der Waals surface area (Å²) in [6.07, 6.45) is 21.0. The first-order valence-electron chi connectivity index (χ1n) is 9.00. The van der Waals surface area contributed by atoms with Crippen molar-refractivity contribution in [2.45, 2.75) is 45.4 Å². The molecule has 0 spiro atoms. The third-order valence-corrected chi connectivity index (χ3v) is 4.08. The molecule has 0 aromatic rings. The normalized spacial score (nSPS) is 15.6. The van der Waals surface area contributed by atoms with E-state index in [0.29, 0.717) is 24.1 Å². The van der Waals surface area contributed by atoms with Gasteiger partial charge in [0, 0.05) is 17.7 Å². The highest BCUT2D eigenvalue weighted by atomic mass is 16.1. The Morgan fingerprint density at radius 3 is 2.85 bits per heavy atom. The average molecular weight is 348 g/mol. The van der Waals surface area contributed by atoms with Crippen molar-refractivity contribution >= 4 is 6.29 Å². The molecule has 0 radical (unpaired) electrons. The highest BCUT2D eigenvalue weighted by Crippen LogP contribution is 2.24. The van der Waals surface area contributed by atoms with E-state index in [1.54, 1.807) is 6.08 Å². The molecule has 2 N–H and O–H groups in total. The van der Waals surface area contributed by atoms with Crippen molar-refractivity contribution in [3.05, 3.63) is 83.2 Å². The fourth-order valence-corrected chi connectivity index (χ4v) is 2.68. The minimum atomic E-state index is 0.371. The van der Waals surface area contributed by atoms with Crippen molar-refractivity contribution in [3.8, 4) is 6.07 Å². The lowest BCUT2D eigenvalue weighted by atomic mass is 10.00. The Labute approximate surface area is 157 Å². The number of nitrogens with two attached hydrogens (primary N) is 1. The predicted octanol–water partition coefficient (Wildman–Crippen LogP) is 5.37. The van der Waals surface area contributed by atoms with Gasteiger partial charge in [-0.2, -0.15) is 5.26 Å². The van der Waals surface area contributed by atoms with Crippen LogP contribution in [0.25, 0.3) is 0 Å². The predicted molar refractivity (Wildman–Crippen MR) is 109 cm³/mol. The van der Waals surface area contributed by atoms with Crippen LogP contribution in [0.2, 0.25) is 0 Å². The van der Waals surface area contributed by atoms with E-state index in [-0.39, 0.29) is 0 Å². The molecule has 1 aliphatic rings. The van der Waals surface area contributed by atoms with E-state index in [2.05, 4.69) is 30.9 Å². The van der Waals surface area contributed by atoms with Crippen LogP contribution in [0.15, 0.2) is 83.2 Å². The van der Waals surface area contributed by atoms with Crippen LogP contribution in [-0.4, -0.2) is 6.29 Å². The Balaban J connectivity index is 2.91. The number of allylic oxidation sites excluding steroid dienone is 13. The number of carbonyl (C=O) groups is 1. The molecule has 1 rings (SSSR count). The van der Waals surface area contributed by atoms with Crippen LogP contribution in [-0.2, 0) is 4.79 Å². The van der Waals surface area contributed by atoms with Gasteiger partial charge in [0.15, 0.2) is 0 Å². The zero-order chi connectivity index (χ0) is 19.2. The van der Waals surface area contributed by atoms with Crippen LogP contribution in [0.1, 0.15) is 45.4 Å². The molecule has 3 nitrogen and oxygen atoms in total. The summed E-state index contributed by atoms with van der Waals surface area (Å²) in [5.74, 6) is 0. The molecule has 0 saturated heterocycles. The molecule has 0 atom stereocenters. The lowest BCUT2D eigenvalue weighted by molar-refractivity contribution is -0.105. The quantitative estimate of drug-likeness (QED) is 0.328. The van der Waals surface area contributed by atoms with Crippen LogP contribution in [0.3, 0.4) is 0 Å². The number of aldehydes is 1. The smallest absolute Gasteiger partial charge is 0.148 e. The summed E-state index contributed by atoms with van der Waals surface area (Å²) in [5, 5.41) is 9.11. The molecular formula is C23H28N2O. The minimum Gasteiger partial charge on any atom is -0.402 e. The van der Waals surface area contributed by atoms with Gasteiger partial charge >= 0.3 is 0 Å². The monoisotopic (exact) mass is 348 g/mol. The first-order valence-corrected chi connectivity index (χ1v) is 9.00. The van der Waals surface area contributed by atoms with E-state index in [1.807, 2.05) is 31.2 Å². The number of rotatable bonds is 10. The third kappa shape index (κ3) is 7.36. The number of hydrogen-bond donors (Lipinski definition) is 1. The number of nitrogens with zero attached hydrogens (tertiary/aromatic N) is 1. The minimum absolute atomic E-state index is 0.371. The van der Waals surface area contributed by atoms with E-state index in [0.717, 1.165) is 48.7 Å². The van der Waals surface area contributed by atoms with Gasteiger partial charge in [0.1, 0.15) is 6.29 Å².